The van der Waals surface area contributed by atoms with Gasteiger partial charge in [-0.25, -0.2) is 4.39 Å². The molecule has 1 amide bonds. The number of nitrogens with one attached hydrogen (secondary N) is 1. The van der Waals surface area contributed by atoms with E-state index in [9.17, 15) is 9.18 Å². The van der Waals surface area contributed by atoms with Crippen LogP contribution in [0.4, 0.5) is 10.1 Å². The second kappa shape index (κ2) is 10.9. The van der Waals surface area contributed by atoms with E-state index in [0.29, 0.717) is 49.4 Å². The second-order valence-corrected chi connectivity index (χ2v) is 9.39. The van der Waals surface area contributed by atoms with Crippen LogP contribution in [0.3, 0.4) is 0 Å². The monoisotopic (exact) mass is 479 g/mol. The molecule has 1 fully saturated rings. The molecular formula is C27H30FN3O2S. The number of ether oxygens (including phenoxy) is 1. The van der Waals surface area contributed by atoms with Crippen molar-refractivity contribution in [2.45, 2.75) is 20.0 Å². The molecule has 1 saturated heterocycles. The lowest BCUT2D eigenvalue weighted by molar-refractivity contribution is -0.0215. The molecule has 1 aliphatic heterocycles. The summed E-state index contributed by atoms with van der Waals surface area (Å²) in [5, 5.41) is 5.74. The Hall–Kier alpha value is -3.03. The first-order valence-electron chi connectivity index (χ1n) is 11.6. The first-order chi connectivity index (χ1) is 16.4. The normalized spacial score (nSPS) is 16.0. The van der Waals surface area contributed by atoms with Crippen LogP contribution in [0.15, 0.2) is 66.7 Å². The Bertz CT molecular complexity index is 1150. The molecule has 1 atom stereocenters. The van der Waals surface area contributed by atoms with E-state index in [4.69, 9.17) is 17.0 Å². The average molecular weight is 480 g/mol. The fourth-order valence-electron chi connectivity index (χ4n) is 4.26. The molecular weight excluding hydrogens is 449 g/mol. The summed E-state index contributed by atoms with van der Waals surface area (Å²) in [6, 6.07) is 19.9. The predicted molar refractivity (Wildman–Crippen MR) is 139 cm³/mol. The van der Waals surface area contributed by atoms with Gasteiger partial charge >= 0.3 is 0 Å². The van der Waals surface area contributed by atoms with Crippen LogP contribution in [0.5, 0.6) is 0 Å². The summed E-state index contributed by atoms with van der Waals surface area (Å²) in [5.74, 6) is 0.0436. The van der Waals surface area contributed by atoms with Crippen molar-refractivity contribution in [3.8, 4) is 0 Å². The Labute approximate surface area is 205 Å². The Morgan fingerprint density at radius 1 is 1.15 bits per heavy atom. The van der Waals surface area contributed by atoms with Crippen molar-refractivity contribution in [2.24, 2.45) is 5.92 Å². The highest BCUT2D eigenvalue weighted by Crippen LogP contribution is 2.21. The number of hydrogen-bond donors (Lipinski definition) is 1. The van der Waals surface area contributed by atoms with Crippen LogP contribution in [-0.4, -0.2) is 59.7 Å². The van der Waals surface area contributed by atoms with E-state index in [1.807, 2.05) is 52.3 Å². The molecule has 1 heterocycles. The molecule has 1 N–H and O–H groups in total. The van der Waals surface area contributed by atoms with Gasteiger partial charge in [0.25, 0.3) is 5.91 Å². The van der Waals surface area contributed by atoms with Crippen LogP contribution in [0, 0.1) is 11.7 Å². The van der Waals surface area contributed by atoms with Crippen LogP contribution in [0.1, 0.15) is 24.2 Å². The van der Waals surface area contributed by atoms with Crippen molar-refractivity contribution in [3.63, 3.8) is 0 Å². The Morgan fingerprint density at radius 3 is 2.65 bits per heavy atom. The molecule has 178 valence electrons. The van der Waals surface area contributed by atoms with Crippen molar-refractivity contribution in [1.29, 1.82) is 0 Å². The van der Waals surface area contributed by atoms with Gasteiger partial charge in [0.2, 0.25) is 0 Å². The number of anilines is 1. The van der Waals surface area contributed by atoms with Crippen molar-refractivity contribution < 1.29 is 13.9 Å². The van der Waals surface area contributed by atoms with E-state index in [1.54, 1.807) is 12.1 Å². The van der Waals surface area contributed by atoms with Crippen molar-refractivity contribution in [3.05, 3.63) is 78.1 Å². The maximum absolute atomic E-state index is 13.6. The third-order valence-corrected chi connectivity index (χ3v) is 6.20. The Balaban J connectivity index is 1.46. The molecule has 0 unspecified atom stereocenters. The molecule has 0 spiro atoms. The van der Waals surface area contributed by atoms with Crippen LogP contribution in [-0.2, 0) is 4.74 Å². The number of fused-ring (bicyclic) bond motifs is 1. The smallest absolute Gasteiger partial charge is 0.254 e. The molecule has 1 aliphatic rings. The lowest BCUT2D eigenvalue weighted by Gasteiger charge is -2.37. The molecule has 5 nitrogen and oxygen atoms in total. The van der Waals surface area contributed by atoms with E-state index in [0.717, 1.165) is 16.5 Å². The molecule has 0 radical (unpaired) electrons. The summed E-state index contributed by atoms with van der Waals surface area (Å²) in [6.45, 7) is 7.09. The number of thiocarbonyl (C=S) groups is 1. The number of carbonyl (C=O) groups excluding carboxylic acids is 1. The minimum Gasteiger partial charge on any atom is -0.373 e. The van der Waals surface area contributed by atoms with Crippen LogP contribution < -0.4 is 5.32 Å². The topological polar surface area (TPSA) is 44.8 Å². The number of amides is 1. The molecule has 0 saturated carbocycles. The van der Waals surface area contributed by atoms with Gasteiger partial charge in [-0.2, -0.15) is 0 Å². The van der Waals surface area contributed by atoms with E-state index in [1.165, 1.54) is 12.1 Å². The number of halogens is 1. The molecule has 0 bridgehead atoms. The summed E-state index contributed by atoms with van der Waals surface area (Å²) in [7, 11) is 0. The lowest BCUT2D eigenvalue weighted by atomic mass is 10.0. The molecule has 0 aliphatic carbocycles. The fraction of sp³-hybridized carbons (Fsp3) is 0.333. The number of rotatable bonds is 6. The van der Waals surface area contributed by atoms with Gasteiger partial charge in [0.1, 0.15) is 5.82 Å². The summed E-state index contributed by atoms with van der Waals surface area (Å²) >= 11 is 5.59. The van der Waals surface area contributed by atoms with Crippen LogP contribution >= 0.6 is 12.2 Å². The lowest BCUT2D eigenvalue weighted by Crippen LogP contribution is -2.52. The zero-order chi connectivity index (χ0) is 24.1. The third kappa shape index (κ3) is 5.90. The SMILES string of the molecule is CC(C)CN(C[C@@H]1CN(C(=S)Nc2ccc(F)cc2)CCO1)C(=O)c1cccc2ccccc12. The third-order valence-electron chi connectivity index (χ3n) is 5.84. The van der Waals surface area contributed by atoms with Crippen LogP contribution in [0.2, 0.25) is 0 Å². The summed E-state index contributed by atoms with van der Waals surface area (Å²) < 4.78 is 19.2. The highest BCUT2D eigenvalue weighted by Gasteiger charge is 2.27. The Kier molecular flexibility index (Phi) is 7.75. The maximum atomic E-state index is 13.6. The highest BCUT2D eigenvalue weighted by molar-refractivity contribution is 7.80. The maximum Gasteiger partial charge on any atom is 0.254 e. The van der Waals surface area contributed by atoms with Crippen molar-refractivity contribution >= 4 is 39.7 Å². The van der Waals surface area contributed by atoms with Gasteiger partial charge in [-0.05, 0) is 59.2 Å². The molecule has 0 aromatic heterocycles. The number of morpholine rings is 1. The summed E-state index contributed by atoms with van der Waals surface area (Å²) in [6.07, 6.45) is -0.167. The first-order valence-corrected chi connectivity index (χ1v) is 12.0. The van der Waals surface area contributed by atoms with Gasteiger partial charge in [-0.3, -0.25) is 4.79 Å². The van der Waals surface area contributed by atoms with E-state index < -0.39 is 0 Å². The molecule has 7 heteroatoms. The van der Waals surface area contributed by atoms with E-state index in [2.05, 4.69) is 19.2 Å². The van der Waals surface area contributed by atoms with Gasteiger partial charge in [-0.15, -0.1) is 0 Å². The molecule has 3 aromatic carbocycles. The second-order valence-electron chi connectivity index (χ2n) is 9.01. The van der Waals surface area contributed by atoms with Gasteiger partial charge in [-0.1, -0.05) is 50.2 Å². The minimum absolute atomic E-state index is 0.0123. The zero-order valence-electron chi connectivity index (χ0n) is 19.5. The van der Waals surface area contributed by atoms with Crippen LogP contribution in [0.25, 0.3) is 10.8 Å². The van der Waals surface area contributed by atoms with E-state index in [-0.39, 0.29) is 17.8 Å². The van der Waals surface area contributed by atoms with Gasteiger partial charge in [0, 0.05) is 37.4 Å². The van der Waals surface area contributed by atoms with Crippen molar-refractivity contribution in [2.75, 3.05) is 38.1 Å². The number of benzene rings is 3. The quantitative estimate of drug-likeness (QED) is 0.494. The largest absolute Gasteiger partial charge is 0.373 e. The van der Waals surface area contributed by atoms with E-state index >= 15 is 0 Å². The van der Waals surface area contributed by atoms with Gasteiger partial charge < -0.3 is 19.9 Å². The first kappa shape index (κ1) is 24.1. The van der Waals surface area contributed by atoms with Gasteiger partial charge in [0.05, 0.1) is 12.7 Å². The molecule has 4 rings (SSSR count). The molecule has 3 aromatic rings. The fourth-order valence-corrected chi connectivity index (χ4v) is 4.54. The zero-order valence-corrected chi connectivity index (χ0v) is 20.4. The number of nitrogens with zero attached hydrogens (tertiary/aromatic N) is 2. The summed E-state index contributed by atoms with van der Waals surface area (Å²) in [4.78, 5) is 17.6. The standard InChI is InChI=1S/C27H30FN3O2S/c1-19(2)16-31(26(32)25-9-5-7-20-6-3-4-8-24(20)25)18-23-17-30(14-15-33-23)27(34)29-22-12-10-21(28)11-13-22/h3-13,19,23H,14-18H2,1-2H3,(H,29,34)/t23-/m0/s1. The number of carbonyl (C=O) groups is 1. The predicted octanol–water partition coefficient (Wildman–Crippen LogP) is 5.17. The minimum atomic E-state index is -0.288. The number of hydrogen-bond acceptors (Lipinski definition) is 3. The molecule has 34 heavy (non-hydrogen) atoms. The highest BCUT2D eigenvalue weighted by atomic mass is 32.1. The summed E-state index contributed by atoms with van der Waals surface area (Å²) in [5.41, 5.74) is 1.45. The van der Waals surface area contributed by atoms with Gasteiger partial charge in [0.15, 0.2) is 5.11 Å². The van der Waals surface area contributed by atoms with Crippen molar-refractivity contribution in [1.82, 2.24) is 9.80 Å². The average Bonchev–Trinajstić information content (AvgIpc) is 2.84. The Morgan fingerprint density at radius 2 is 1.88 bits per heavy atom.